The van der Waals surface area contributed by atoms with Crippen LogP contribution in [0.1, 0.15) is 12.8 Å². The first-order chi connectivity index (χ1) is 11.9. The summed E-state index contributed by atoms with van der Waals surface area (Å²) in [5.74, 6) is 0. The molecule has 0 radical (unpaired) electrons. The van der Waals surface area contributed by atoms with Crippen LogP contribution in [0.3, 0.4) is 0 Å². The molecular formula is C12H10F6O6S2Zr. The normalized spacial score (nSPS) is 16.4. The van der Waals surface area contributed by atoms with Gasteiger partial charge in [-0.05, 0) is 0 Å². The molecule has 0 aliphatic heterocycles. The number of alkyl halides is 6. The van der Waals surface area contributed by atoms with Crippen LogP contribution < -0.4 is 0 Å². The van der Waals surface area contributed by atoms with Gasteiger partial charge in [-0.3, -0.25) is 0 Å². The Morgan fingerprint density at radius 1 is 0.741 bits per heavy atom. The van der Waals surface area contributed by atoms with Crippen molar-refractivity contribution in [3.63, 3.8) is 0 Å². The standard InChI is InChI=1S/2C5H5.2CHF3O3S.Zr/c2*1-2-4-5-3-1;2*2-1(3,4)8(5,6)7;/h2*1-3H,4H2;2*(H,5,6,7);/q;;;;+2/p-2. The van der Waals surface area contributed by atoms with Crippen LogP contribution in [0, 0.1) is 0 Å². The average Bonchev–Trinajstić information content (AvgIpc) is 3.09. The molecule has 0 unspecified atom stereocenters. The van der Waals surface area contributed by atoms with Gasteiger partial charge in [0.25, 0.3) is 0 Å². The Bertz CT molecular complexity index is 765. The molecule has 0 saturated carbocycles. The minimum Gasteiger partial charge on any atom is -0.741 e. The van der Waals surface area contributed by atoms with Crippen LogP contribution in [0.15, 0.2) is 43.0 Å². The van der Waals surface area contributed by atoms with E-state index in [0.29, 0.717) is 0 Å². The summed E-state index contributed by atoms with van der Waals surface area (Å²) in [6.45, 7) is 0. The fourth-order valence-corrected chi connectivity index (χ4v) is 4.26. The van der Waals surface area contributed by atoms with Crippen molar-refractivity contribution in [2.24, 2.45) is 0 Å². The number of allylic oxidation sites excluding steroid dienone is 8. The molecule has 0 N–H and O–H groups in total. The maximum atomic E-state index is 10.7. The summed E-state index contributed by atoms with van der Waals surface area (Å²) < 4.78 is 121. The zero-order valence-corrected chi connectivity index (χ0v) is 17.0. The number of halogens is 6. The van der Waals surface area contributed by atoms with Gasteiger partial charge in [-0.15, -0.1) is 0 Å². The van der Waals surface area contributed by atoms with Crippen molar-refractivity contribution >= 4 is 20.2 Å². The van der Waals surface area contributed by atoms with E-state index in [-0.39, 0.29) is 23.2 Å². The van der Waals surface area contributed by atoms with E-state index in [4.69, 9.17) is 25.9 Å². The third-order valence-electron chi connectivity index (χ3n) is 2.43. The topological polar surface area (TPSA) is 114 Å². The fourth-order valence-electron chi connectivity index (χ4n) is 1.29. The van der Waals surface area contributed by atoms with Crippen molar-refractivity contribution < 1.29 is 75.5 Å². The molecule has 2 aliphatic carbocycles. The molecule has 0 atom stereocenters. The first kappa shape index (κ1) is 26.2. The molecule has 2 aliphatic rings. The second-order valence-corrected chi connectivity index (χ2v) is 11.1. The van der Waals surface area contributed by atoms with Crippen LogP contribution in [0.25, 0.3) is 0 Å². The third kappa shape index (κ3) is 11.0. The van der Waals surface area contributed by atoms with Crippen LogP contribution in [-0.2, 0) is 43.5 Å². The van der Waals surface area contributed by atoms with Gasteiger partial charge in [0, 0.05) is 0 Å². The molecule has 0 aromatic rings. The first-order valence-electron chi connectivity index (χ1n) is 6.48. The molecule has 152 valence electrons. The average molecular weight is 520 g/mol. The molecule has 0 spiro atoms. The van der Waals surface area contributed by atoms with Crippen molar-refractivity contribution in [1.29, 1.82) is 0 Å². The summed E-state index contributed by atoms with van der Waals surface area (Å²) in [4.78, 5) is 0. The SMILES string of the molecule is C1=CC[C]([Zr+2][C]2=CC=CC2)=C1.O=S(=O)([O-])C(F)(F)F.O=S(=O)([O-])C(F)(F)F. The number of hydrogen-bond acceptors (Lipinski definition) is 6. The summed E-state index contributed by atoms with van der Waals surface area (Å²) in [7, 11) is -12.2. The van der Waals surface area contributed by atoms with Crippen molar-refractivity contribution in [3.05, 3.63) is 43.0 Å². The Morgan fingerprint density at radius 2 is 1.00 bits per heavy atom. The van der Waals surface area contributed by atoms with Gasteiger partial charge in [-0.2, -0.15) is 26.3 Å². The summed E-state index contributed by atoms with van der Waals surface area (Å²) in [5.41, 5.74) is -11.3. The summed E-state index contributed by atoms with van der Waals surface area (Å²) in [5, 5.41) is 0. The third-order valence-corrected chi connectivity index (χ3v) is 6.97. The zero-order valence-electron chi connectivity index (χ0n) is 12.9. The van der Waals surface area contributed by atoms with E-state index in [1.54, 1.807) is 6.56 Å². The van der Waals surface area contributed by atoms with Crippen molar-refractivity contribution in [2.45, 2.75) is 23.9 Å². The van der Waals surface area contributed by atoms with Gasteiger partial charge in [0.2, 0.25) is 0 Å². The van der Waals surface area contributed by atoms with Gasteiger partial charge in [-0.1, -0.05) is 0 Å². The zero-order chi connectivity index (χ0) is 21.5. The molecular weight excluding hydrogens is 509 g/mol. The second-order valence-electron chi connectivity index (χ2n) is 4.57. The smallest absolute Gasteiger partial charge is 0.485 e. The van der Waals surface area contributed by atoms with Crippen molar-refractivity contribution in [3.8, 4) is 0 Å². The molecule has 0 fully saturated rings. The van der Waals surface area contributed by atoms with Gasteiger partial charge < -0.3 is 9.11 Å². The van der Waals surface area contributed by atoms with Crippen LogP contribution in [0.4, 0.5) is 26.3 Å². The Kier molecular flexibility index (Phi) is 9.86. The predicted molar refractivity (Wildman–Crippen MR) is 75.2 cm³/mol. The maximum absolute atomic E-state index is 10.7. The molecule has 0 bridgehead atoms. The predicted octanol–water partition coefficient (Wildman–Crippen LogP) is 2.86. The van der Waals surface area contributed by atoms with E-state index >= 15 is 0 Å². The Morgan fingerprint density at radius 3 is 1.15 bits per heavy atom. The van der Waals surface area contributed by atoms with Gasteiger partial charge in [0.05, 0.1) is 0 Å². The Balaban J connectivity index is 0.000000387. The van der Waals surface area contributed by atoms with Crippen LogP contribution >= 0.6 is 0 Å². The van der Waals surface area contributed by atoms with E-state index in [0.717, 1.165) is 0 Å². The molecule has 0 heterocycles. The Hall–Kier alpha value is -0.757. The molecule has 15 heteroatoms. The minimum absolute atomic E-state index is 0.312. The number of rotatable bonds is 2. The van der Waals surface area contributed by atoms with E-state index in [1.165, 1.54) is 12.8 Å². The molecule has 0 aromatic heterocycles. The summed E-state index contributed by atoms with van der Waals surface area (Å²) in [6.07, 6.45) is 16.0. The van der Waals surface area contributed by atoms with Crippen molar-refractivity contribution in [2.75, 3.05) is 0 Å². The number of hydrogen-bond donors (Lipinski definition) is 0. The van der Waals surface area contributed by atoms with E-state index < -0.39 is 31.3 Å². The first-order valence-corrected chi connectivity index (χ1v) is 11.8. The van der Waals surface area contributed by atoms with Crippen LogP contribution in [0.5, 0.6) is 0 Å². The molecule has 6 nitrogen and oxygen atoms in total. The molecule has 0 saturated heterocycles. The van der Waals surface area contributed by atoms with Gasteiger partial charge in [-0.25, -0.2) is 16.8 Å². The fraction of sp³-hybridized carbons (Fsp3) is 0.333. The Labute approximate surface area is 162 Å². The molecule has 2 rings (SSSR count). The van der Waals surface area contributed by atoms with Crippen LogP contribution in [-0.4, -0.2) is 37.0 Å². The van der Waals surface area contributed by atoms with Gasteiger partial charge in [0.1, 0.15) is 0 Å². The monoisotopic (exact) mass is 518 g/mol. The second kappa shape index (κ2) is 10.1. The summed E-state index contributed by atoms with van der Waals surface area (Å²) in [6, 6.07) is 0. The van der Waals surface area contributed by atoms with E-state index in [1.807, 2.05) is 0 Å². The van der Waals surface area contributed by atoms with E-state index in [9.17, 15) is 26.3 Å². The van der Waals surface area contributed by atoms with Gasteiger partial charge in [0.15, 0.2) is 20.2 Å². The molecule has 0 amide bonds. The maximum Gasteiger partial charge on any atom is 0.485 e. The van der Waals surface area contributed by atoms with Gasteiger partial charge >= 0.3 is 90.1 Å². The minimum atomic E-state index is -6.09. The van der Waals surface area contributed by atoms with E-state index in [2.05, 4.69) is 36.5 Å². The molecule has 0 aromatic carbocycles. The quantitative estimate of drug-likeness (QED) is 0.315. The summed E-state index contributed by atoms with van der Waals surface area (Å²) >= 11 is -0.312. The molecule has 27 heavy (non-hydrogen) atoms. The largest absolute Gasteiger partial charge is 0.741 e. The van der Waals surface area contributed by atoms with Crippen LogP contribution in [0.2, 0.25) is 0 Å². The van der Waals surface area contributed by atoms with Crippen molar-refractivity contribution in [1.82, 2.24) is 0 Å².